The number of para-hydroxylation sites is 3. The van der Waals surface area contributed by atoms with Crippen LogP contribution in [0.5, 0.6) is 0 Å². The van der Waals surface area contributed by atoms with Crippen molar-refractivity contribution in [2.24, 2.45) is 0 Å². The lowest BCUT2D eigenvalue weighted by Gasteiger charge is -2.06. The number of hydrogen-bond donors (Lipinski definition) is 2. The number of hydrogen-bond acceptors (Lipinski definition) is 6. The standard InChI is InChI=1S/C27H19N5O3/c28-15-20(26-29-22-13-7-8-14-23(22)30-26)24(33)17-35-27(34)21-16-32(19-11-5-2-6-12-19)31-25(21)18-9-3-1-4-10-18/h1-14,16,33H,17H2,(H,29,30)/b24-20+. The number of esters is 1. The van der Waals surface area contributed by atoms with E-state index < -0.39 is 18.3 Å². The molecule has 0 spiro atoms. The van der Waals surface area contributed by atoms with Gasteiger partial charge in [0, 0.05) is 11.8 Å². The largest absolute Gasteiger partial charge is 0.507 e. The van der Waals surface area contributed by atoms with Gasteiger partial charge in [-0.1, -0.05) is 60.7 Å². The molecule has 5 rings (SSSR count). The summed E-state index contributed by atoms with van der Waals surface area (Å²) in [5.41, 5.74) is 3.48. The Hall–Kier alpha value is -5.16. The number of allylic oxidation sites excluding steroid dienone is 1. The van der Waals surface area contributed by atoms with Crippen LogP contribution in [0, 0.1) is 11.3 Å². The molecule has 8 nitrogen and oxygen atoms in total. The van der Waals surface area contributed by atoms with Crippen molar-refractivity contribution < 1.29 is 14.6 Å². The van der Waals surface area contributed by atoms with Gasteiger partial charge >= 0.3 is 5.97 Å². The van der Waals surface area contributed by atoms with Crippen molar-refractivity contribution >= 4 is 22.6 Å². The molecule has 0 aliphatic rings. The molecule has 0 radical (unpaired) electrons. The smallest absolute Gasteiger partial charge is 0.342 e. The molecule has 0 aliphatic heterocycles. The fraction of sp³-hybridized carbons (Fsp3) is 0.0370. The molecule has 0 fully saturated rings. The highest BCUT2D eigenvalue weighted by Crippen LogP contribution is 2.25. The van der Waals surface area contributed by atoms with E-state index in [9.17, 15) is 15.2 Å². The molecule has 0 aliphatic carbocycles. The van der Waals surface area contributed by atoms with Gasteiger partial charge in [-0.2, -0.15) is 10.4 Å². The molecule has 3 aromatic carbocycles. The molecule has 0 bridgehead atoms. The number of ether oxygens (including phenoxy) is 1. The third-order valence-electron chi connectivity index (χ3n) is 5.37. The Balaban J connectivity index is 1.44. The van der Waals surface area contributed by atoms with Crippen molar-refractivity contribution in [2.45, 2.75) is 0 Å². The molecule has 35 heavy (non-hydrogen) atoms. The van der Waals surface area contributed by atoms with E-state index in [-0.39, 0.29) is 17.0 Å². The average molecular weight is 461 g/mol. The van der Waals surface area contributed by atoms with Gasteiger partial charge in [0.05, 0.1) is 16.7 Å². The zero-order valence-electron chi connectivity index (χ0n) is 18.4. The molecular formula is C27H19N5O3. The number of H-pyrrole nitrogens is 1. The molecule has 2 aromatic heterocycles. The first-order valence-electron chi connectivity index (χ1n) is 10.8. The number of fused-ring (bicyclic) bond motifs is 1. The van der Waals surface area contributed by atoms with E-state index in [1.165, 1.54) is 0 Å². The molecule has 2 N–H and O–H groups in total. The Morgan fingerprint density at radius 2 is 1.69 bits per heavy atom. The first-order valence-corrected chi connectivity index (χ1v) is 10.8. The van der Waals surface area contributed by atoms with Crippen molar-refractivity contribution in [2.75, 3.05) is 6.61 Å². The number of aromatic nitrogens is 4. The van der Waals surface area contributed by atoms with Crippen LogP contribution < -0.4 is 0 Å². The molecule has 170 valence electrons. The van der Waals surface area contributed by atoms with Gasteiger partial charge in [0.25, 0.3) is 0 Å². The van der Waals surface area contributed by atoms with Crippen LogP contribution in [0.2, 0.25) is 0 Å². The predicted molar refractivity (Wildman–Crippen MR) is 131 cm³/mol. The maximum atomic E-state index is 13.1. The van der Waals surface area contributed by atoms with Crippen molar-refractivity contribution in [1.29, 1.82) is 5.26 Å². The third-order valence-corrected chi connectivity index (χ3v) is 5.37. The average Bonchev–Trinajstić information content (AvgIpc) is 3.54. The van der Waals surface area contributed by atoms with Crippen LogP contribution in [0.25, 0.3) is 33.6 Å². The number of carbonyl (C=O) groups is 1. The quantitative estimate of drug-likeness (QED) is 0.207. The van der Waals surface area contributed by atoms with Gasteiger partial charge in [-0.15, -0.1) is 0 Å². The predicted octanol–water partition coefficient (Wildman–Crippen LogP) is 5.07. The topological polar surface area (TPSA) is 117 Å². The monoisotopic (exact) mass is 461 g/mol. The Morgan fingerprint density at radius 3 is 2.40 bits per heavy atom. The highest BCUT2D eigenvalue weighted by molar-refractivity contribution is 5.96. The molecule has 0 amide bonds. The third kappa shape index (κ3) is 4.38. The van der Waals surface area contributed by atoms with Crippen LogP contribution in [0.1, 0.15) is 16.2 Å². The minimum absolute atomic E-state index is 0.0998. The maximum absolute atomic E-state index is 13.1. The number of aliphatic hydroxyl groups excluding tert-OH is 1. The summed E-state index contributed by atoms with van der Waals surface area (Å²) in [5.74, 6) is -0.889. The summed E-state index contributed by atoms with van der Waals surface area (Å²) in [7, 11) is 0. The molecule has 5 aromatic rings. The second kappa shape index (κ2) is 9.37. The summed E-state index contributed by atoms with van der Waals surface area (Å²) in [6.45, 7) is -0.497. The molecule has 0 atom stereocenters. The van der Waals surface area contributed by atoms with E-state index >= 15 is 0 Å². The Kier molecular flexibility index (Phi) is 5.80. The lowest BCUT2D eigenvalue weighted by Crippen LogP contribution is -2.10. The normalized spacial score (nSPS) is 11.6. The summed E-state index contributed by atoms with van der Waals surface area (Å²) >= 11 is 0. The number of nitriles is 1. The van der Waals surface area contributed by atoms with Gasteiger partial charge in [-0.05, 0) is 24.3 Å². The van der Waals surface area contributed by atoms with Crippen LogP contribution in [0.15, 0.2) is 96.9 Å². The first kappa shape index (κ1) is 21.7. The molecular weight excluding hydrogens is 442 g/mol. The van der Waals surface area contributed by atoms with Crippen LogP contribution in [-0.4, -0.2) is 37.4 Å². The number of aliphatic hydroxyl groups is 1. The number of nitrogens with zero attached hydrogens (tertiary/aromatic N) is 4. The van der Waals surface area contributed by atoms with Gasteiger partial charge in [-0.3, -0.25) is 0 Å². The number of rotatable bonds is 6. The summed E-state index contributed by atoms with van der Waals surface area (Å²) in [5, 5.41) is 24.7. The fourth-order valence-electron chi connectivity index (χ4n) is 3.65. The SMILES string of the molecule is N#C/C(=C(\O)COC(=O)c1cn(-c2ccccc2)nc1-c1ccccc1)c1nc2ccccc2[nH]1. The highest BCUT2D eigenvalue weighted by Gasteiger charge is 2.21. The number of aromatic amines is 1. The van der Waals surface area contributed by atoms with Crippen molar-refractivity contribution in [3.8, 4) is 23.0 Å². The highest BCUT2D eigenvalue weighted by atomic mass is 16.5. The van der Waals surface area contributed by atoms with Crippen LogP contribution >= 0.6 is 0 Å². The van der Waals surface area contributed by atoms with Crippen molar-refractivity contribution in [1.82, 2.24) is 19.7 Å². The number of carbonyl (C=O) groups excluding carboxylic acids is 1. The minimum Gasteiger partial charge on any atom is -0.507 e. The van der Waals surface area contributed by atoms with E-state index in [0.717, 1.165) is 16.8 Å². The lowest BCUT2D eigenvalue weighted by atomic mass is 10.1. The Bertz CT molecular complexity index is 1540. The van der Waals surface area contributed by atoms with Gasteiger partial charge in [0.1, 0.15) is 29.5 Å². The van der Waals surface area contributed by atoms with Crippen LogP contribution in [0.3, 0.4) is 0 Å². The lowest BCUT2D eigenvalue weighted by molar-refractivity contribution is 0.0503. The number of nitrogens with one attached hydrogen (secondary N) is 1. The van der Waals surface area contributed by atoms with E-state index in [0.29, 0.717) is 11.2 Å². The summed E-state index contributed by atoms with van der Waals surface area (Å²) in [6, 6.07) is 27.9. The van der Waals surface area contributed by atoms with Crippen molar-refractivity contribution in [3.05, 3.63) is 108 Å². The summed E-state index contributed by atoms with van der Waals surface area (Å²) in [6.07, 6.45) is 1.59. The van der Waals surface area contributed by atoms with Gasteiger partial charge in [0.2, 0.25) is 0 Å². The van der Waals surface area contributed by atoms with Gasteiger partial charge in [0.15, 0.2) is 11.6 Å². The Labute approximate surface area is 200 Å². The number of benzene rings is 3. The molecule has 0 saturated carbocycles. The molecule has 8 heteroatoms. The minimum atomic E-state index is -0.681. The van der Waals surface area contributed by atoms with E-state index in [4.69, 9.17) is 4.74 Å². The van der Waals surface area contributed by atoms with Crippen LogP contribution in [-0.2, 0) is 4.74 Å². The second-order valence-electron chi connectivity index (χ2n) is 7.65. The van der Waals surface area contributed by atoms with Gasteiger partial charge in [-0.25, -0.2) is 14.5 Å². The maximum Gasteiger partial charge on any atom is 0.342 e. The van der Waals surface area contributed by atoms with Gasteiger partial charge < -0.3 is 14.8 Å². The first-order chi connectivity index (χ1) is 17.1. The van der Waals surface area contributed by atoms with Crippen molar-refractivity contribution in [3.63, 3.8) is 0 Å². The van der Waals surface area contributed by atoms with Crippen LogP contribution in [0.4, 0.5) is 0 Å². The van der Waals surface area contributed by atoms with E-state index in [1.54, 1.807) is 16.9 Å². The summed E-state index contributed by atoms with van der Waals surface area (Å²) in [4.78, 5) is 20.4. The van der Waals surface area contributed by atoms with E-state index in [1.807, 2.05) is 84.9 Å². The molecule has 0 saturated heterocycles. The zero-order valence-corrected chi connectivity index (χ0v) is 18.4. The van der Waals surface area contributed by atoms with E-state index in [2.05, 4.69) is 15.1 Å². The zero-order chi connectivity index (χ0) is 24.2. The fourth-order valence-corrected chi connectivity index (χ4v) is 3.65. The Morgan fingerprint density at radius 1 is 1.00 bits per heavy atom. The number of imidazole rings is 1. The molecule has 2 heterocycles. The second-order valence-corrected chi connectivity index (χ2v) is 7.65. The summed E-state index contributed by atoms with van der Waals surface area (Å²) < 4.78 is 6.99. The molecule has 0 unspecified atom stereocenters.